The molecular weight excluding hydrogens is 324 g/mol. The van der Waals surface area contributed by atoms with E-state index in [2.05, 4.69) is 0 Å². The molecule has 0 aliphatic carbocycles. The molecule has 1 heterocycles. The summed E-state index contributed by atoms with van der Waals surface area (Å²) in [5.41, 5.74) is 6.23. The zero-order chi connectivity index (χ0) is 16.4. The van der Waals surface area contributed by atoms with Crippen LogP contribution >= 0.6 is 0 Å². The van der Waals surface area contributed by atoms with Crippen molar-refractivity contribution in [3.8, 4) is 0 Å². The number of sulfone groups is 1. The van der Waals surface area contributed by atoms with Gasteiger partial charge in [0.1, 0.15) is 0 Å². The van der Waals surface area contributed by atoms with Gasteiger partial charge in [-0.15, -0.1) is 0 Å². The molecule has 1 aliphatic rings. The van der Waals surface area contributed by atoms with Crippen molar-refractivity contribution in [2.75, 3.05) is 25.9 Å². The van der Waals surface area contributed by atoms with Crippen LogP contribution in [-0.4, -0.2) is 47.0 Å². The van der Waals surface area contributed by atoms with Crippen molar-refractivity contribution in [3.05, 3.63) is 29.8 Å². The van der Waals surface area contributed by atoms with Gasteiger partial charge in [0.2, 0.25) is 10.0 Å². The van der Waals surface area contributed by atoms with E-state index in [-0.39, 0.29) is 16.6 Å². The Morgan fingerprint density at radius 2 is 1.82 bits per heavy atom. The summed E-state index contributed by atoms with van der Waals surface area (Å²) < 4.78 is 49.2. The van der Waals surface area contributed by atoms with Crippen LogP contribution in [-0.2, 0) is 25.6 Å². The monoisotopic (exact) mass is 346 g/mol. The number of benzene rings is 1. The lowest BCUT2D eigenvalue weighted by Crippen LogP contribution is -2.41. The predicted octanol–water partition coefficient (Wildman–Crippen LogP) is 0.591. The summed E-state index contributed by atoms with van der Waals surface area (Å²) in [5, 5.41) is 0. The van der Waals surface area contributed by atoms with Crippen LogP contribution in [0, 0.1) is 5.92 Å². The zero-order valence-corrected chi connectivity index (χ0v) is 14.2. The summed E-state index contributed by atoms with van der Waals surface area (Å²) in [7, 11) is -6.67. The number of sulfonamides is 1. The van der Waals surface area contributed by atoms with Gasteiger partial charge in [0.05, 0.1) is 10.6 Å². The molecular formula is C14H22N2O4S2. The van der Waals surface area contributed by atoms with Crippen molar-refractivity contribution < 1.29 is 16.8 Å². The van der Waals surface area contributed by atoms with Crippen LogP contribution < -0.4 is 5.73 Å². The minimum Gasteiger partial charge on any atom is -0.330 e. The molecule has 124 valence electrons. The molecule has 8 heteroatoms. The Kier molecular flexibility index (Phi) is 5.26. The predicted molar refractivity (Wildman–Crippen MR) is 85.5 cm³/mol. The molecule has 1 unspecified atom stereocenters. The third-order valence-corrected chi connectivity index (χ3v) is 6.54. The van der Waals surface area contributed by atoms with Gasteiger partial charge in [-0.25, -0.2) is 16.8 Å². The SMILES string of the molecule is CS(=O)(=O)Cc1ccc(S(=O)(=O)N2CCCC(CN)C2)cc1. The highest BCUT2D eigenvalue weighted by atomic mass is 32.2. The summed E-state index contributed by atoms with van der Waals surface area (Å²) in [6.07, 6.45) is 2.92. The van der Waals surface area contributed by atoms with Crippen molar-refractivity contribution in [2.24, 2.45) is 11.7 Å². The Morgan fingerprint density at radius 1 is 1.18 bits per heavy atom. The molecule has 6 nitrogen and oxygen atoms in total. The van der Waals surface area contributed by atoms with E-state index in [4.69, 9.17) is 5.73 Å². The molecule has 1 fully saturated rings. The molecule has 1 saturated heterocycles. The van der Waals surface area contributed by atoms with E-state index >= 15 is 0 Å². The number of nitrogens with two attached hydrogens (primary N) is 1. The van der Waals surface area contributed by atoms with Crippen molar-refractivity contribution in [3.63, 3.8) is 0 Å². The minimum atomic E-state index is -3.54. The molecule has 1 atom stereocenters. The number of piperidine rings is 1. The van der Waals surface area contributed by atoms with Crippen LogP contribution in [0.15, 0.2) is 29.2 Å². The third kappa shape index (κ3) is 4.28. The summed E-state index contributed by atoms with van der Waals surface area (Å²) in [6.45, 7) is 1.44. The zero-order valence-electron chi connectivity index (χ0n) is 12.6. The normalized spacial score (nSPS) is 20.9. The van der Waals surface area contributed by atoms with Crippen LogP contribution in [0.1, 0.15) is 18.4 Å². The van der Waals surface area contributed by atoms with Crippen LogP contribution in [0.4, 0.5) is 0 Å². The standard InChI is InChI=1S/C14H22N2O4S2/c1-21(17,18)11-12-4-6-14(7-5-12)22(19,20)16-8-2-3-13(9-15)10-16/h4-7,13H,2-3,8-11,15H2,1H3. The van der Waals surface area contributed by atoms with E-state index in [1.54, 1.807) is 12.1 Å². The van der Waals surface area contributed by atoms with E-state index in [0.29, 0.717) is 25.2 Å². The first-order valence-electron chi connectivity index (χ1n) is 7.19. The van der Waals surface area contributed by atoms with Gasteiger partial charge in [-0.3, -0.25) is 0 Å². The second kappa shape index (κ2) is 6.66. The maximum Gasteiger partial charge on any atom is 0.243 e. The first-order valence-corrected chi connectivity index (χ1v) is 10.7. The maximum atomic E-state index is 12.6. The molecule has 0 amide bonds. The van der Waals surface area contributed by atoms with Gasteiger partial charge in [0, 0.05) is 19.3 Å². The lowest BCUT2D eigenvalue weighted by Gasteiger charge is -2.31. The molecule has 0 bridgehead atoms. The molecule has 1 aliphatic heterocycles. The molecule has 0 saturated carbocycles. The molecule has 0 aromatic heterocycles. The molecule has 1 aromatic rings. The molecule has 2 N–H and O–H groups in total. The van der Waals surface area contributed by atoms with Gasteiger partial charge in [0.15, 0.2) is 9.84 Å². The van der Waals surface area contributed by atoms with E-state index in [0.717, 1.165) is 19.1 Å². The lowest BCUT2D eigenvalue weighted by molar-refractivity contribution is 0.271. The van der Waals surface area contributed by atoms with Gasteiger partial charge in [-0.2, -0.15) is 4.31 Å². The van der Waals surface area contributed by atoms with E-state index < -0.39 is 19.9 Å². The fourth-order valence-electron chi connectivity index (χ4n) is 2.65. The summed E-state index contributed by atoms with van der Waals surface area (Å²) in [4.78, 5) is 0.197. The van der Waals surface area contributed by atoms with E-state index in [9.17, 15) is 16.8 Å². The van der Waals surface area contributed by atoms with Gasteiger partial charge >= 0.3 is 0 Å². The van der Waals surface area contributed by atoms with Crippen molar-refractivity contribution in [2.45, 2.75) is 23.5 Å². The topological polar surface area (TPSA) is 97.5 Å². The average molecular weight is 346 g/mol. The second-order valence-corrected chi connectivity index (χ2v) is 9.90. The highest BCUT2D eigenvalue weighted by Gasteiger charge is 2.29. The van der Waals surface area contributed by atoms with Crippen molar-refractivity contribution in [1.82, 2.24) is 4.31 Å². The van der Waals surface area contributed by atoms with E-state index in [1.165, 1.54) is 16.4 Å². The molecule has 2 rings (SSSR count). The molecule has 22 heavy (non-hydrogen) atoms. The van der Waals surface area contributed by atoms with Gasteiger partial charge in [-0.1, -0.05) is 12.1 Å². The van der Waals surface area contributed by atoms with Crippen LogP contribution in [0.2, 0.25) is 0 Å². The Labute approximate surface area is 132 Å². The minimum absolute atomic E-state index is 0.0910. The first kappa shape index (κ1) is 17.4. The number of nitrogens with zero attached hydrogens (tertiary/aromatic N) is 1. The fraction of sp³-hybridized carbons (Fsp3) is 0.571. The van der Waals surface area contributed by atoms with Gasteiger partial charge in [0.25, 0.3) is 0 Å². The van der Waals surface area contributed by atoms with Gasteiger partial charge < -0.3 is 5.73 Å². The Bertz CT molecular complexity index is 712. The summed E-state index contributed by atoms with van der Waals surface area (Å²) in [6, 6.07) is 6.06. The Morgan fingerprint density at radius 3 is 2.36 bits per heavy atom. The Hall–Kier alpha value is -0.960. The van der Waals surface area contributed by atoms with E-state index in [1.807, 2.05) is 0 Å². The smallest absolute Gasteiger partial charge is 0.243 e. The van der Waals surface area contributed by atoms with Gasteiger partial charge in [-0.05, 0) is 43.0 Å². The van der Waals surface area contributed by atoms with Crippen LogP contribution in [0.25, 0.3) is 0 Å². The number of hydrogen-bond acceptors (Lipinski definition) is 5. The summed E-state index contributed by atoms with van der Waals surface area (Å²) >= 11 is 0. The number of hydrogen-bond donors (Lipinski definition) is 1. The van der Waals surface area contributed by atoms with Crippen molar-refractivity contribution in [1.29, 1.82) is 0 Å². The molecule has 1 aromatic carbocycles. The highest BCUT2D eigenvalue weighted by Crippen LogP contribution is 2.23. The second-order valence-electron chi connectivity index (χ2n) is 5.82. The summed E-state index contributed by atoms with van der Waals surface area (Å²) in [5.74, 6) is 0.111. The average Bonchev–Trinajstić information content (AvgIpc) is 2.46. The molecule has 0 spiro atoms. The number of rotatable bonds is 5. The first-order chi connectivity index (χ1) is 10.2. The third-order valence-electron chi connectivity index (χ3n) is 3.81. The quantitative estimate of drug-likeness (QED) is 0.841. The maximum absolute atomic E-state index is 12.6. The van der Waals surface area contributed by atoms with Crippen LogP contribution in [0.5, 0.6) is 0 Å². The largest absolute Gasteiger partial charge is 0.330 e. The van der Waals surface area contributed by atoms with Crippen LogP contribution in [0.3, 0.4) is 0 Å². The molecule has 0 radical (unpaired) electrons. The highest BCUT2D eigenvalue weighted by molar-refractivity contribution is 7.90. The fourth-order valence-corrected chi connectivity index (χ4v) is 5.00. The Balaban J connectivity index is 2.19. The lowest BCUT2D eigenvalue weighted by atomic mass is 10.0. The van der Waals surface area contributed by atoms with Crippen molar-refractivity contribution >= 4 is 19.9 Å².